The third-order valence-electron chi connectivity index (χ3n) is 5.74. The van der Waals surface area contributed by atoms with Crippen LogP contribution >= 0.6 is 0 Å². The van der Waals surface area contributed by atoms with Crippen LogP contribution < -0.4 is 10.6 Å². The molecule has 2 heterocycles. The van der Waals surface area contributed by atoms with Crippen LogP contribution in [0.1, 0.15) is 44.0 Å². The number of carbonyl (C=O) groups excluding carboxylic acids is 1. The van der Waals surface area contributed by atoms with Gasteiger partial charge in [0.25, 0.3) is 0 Å². The van der Waals surface area contributed by atoms with E-state index >= 15 is 0 Å². The van der Waals surface area contributed by atoms with E-state index in [1.807, 2.05) is 39.1 Å². The number of rotatable bonds is 7. The number of carbonyl (C=O) groups is 2. The van der Waals surface area contributed by atoms with Gasteiger partial charge in [-0.2, -0.15) is 0 Å². The zero-order valence-corrected chi connectivity index (χ0v) is 18.5. The maximum Gasteiger partial charge on any atom is 0.407 e. The minimum absolute atomic E-state index is 0.344. The summed E-state index contributed by atoms with van der Waals surface area (Å²) in [5.41, 5.74) is 6.49. The van der Waals surface area contributed by atoms with E-state index in [0.717, 1.165) is 42.4 Å². The molecule has 1 saturated heterocycles. The molecule has 0 bridgehead atoms. The third-order valence-corrected chi connectivity index (χ3v) is 5.74. The Labute approximate surface area is 183 Å². The van der Waals surface area contributed by atoms with E-state index in [1.54, 1.807) is 12.3 Å². The minimum atomic E-state index is -0.932. The Morgan fingerprint density at radius 2 is 2.10 bits per heavy atom. The predicted octanol–water partition coefficient (Wildman–Crippen LogP) is 3.35. The molecule has 1 aliphatic heterocycles. The molecule has 0 aliphatic carbocycles. The van der Waals surface area contributed by atoms with Crippen LogP contribution in [0, 0.1) is 5.92 Å². The number of anilines is 1. The number of primary amides is 1. The van der Waals surface area contributed by atoms with E-state index in [4.69, 9.17) is 10.5 Å². The third kappa shape index (κ3) is 5.64. The molecule has 31 heavy (non-hydrogen) atoms. The van der Waals surface area contributed by atoms with Gasteiger partial charge in [-0.15, -0.1) is 0 Å². The zero-order valence-electron chi connectivity index (χ0n) is 18.5. The Hall–Kier alpha value is -2.87. The van der Waals surface area contributed by atoms with Gasteiger partial charge in [0.05, 0.1) is 25.1 Å². The molecule has 8 heteroatoms. The fourth-order valence-electron chi connectivity index (χ4n) is 4.10. The number of amides is 2. The van der Waals surface area contributed by atoms with Crippen LogP contribution in [-0.4, -0.2) is 65.4 Å². The quantitative estimate of drug-likeness (QED) is 0.655. The van der Waals surface area contributed by atoms with Crippen LogP contribution in [-0.2, 0) is 4.74 Å². The van der Waals surface area contributed by atoms with Crippen molar-refractivity contribution < 1.29 is 19.4 Å². The first-order valence-corrected chi connectivity index (χ1v) is 10.7. The van der Waals surface area contributed by atoms with E-state index in [-0.39, 0.29) is 0 Å². The second-order valence-corrected chi connectivity index (χ2v) is 9.09. The highest BCUT2D eigenvalue weighted by atomic mass is 16.5. The van der Waals surface area contributed by atoms with Crippen molar-refractivity contribution in [2.75, 3.05) is 37.7 Å². The van der Waals surface area contributed by atoms with E-state index < -0.39 is 17.5 Å². The summed E-state index contributed by atoms with van der Waals surface area (Å²) < 4.78 is 5.86. The predicted molar refractivity (Wildman–Crippen MR) is 121 cm³/mol. The normalized spacial score (nSPS) is 17.0. The van der Waals surface area contributed by atoms with Gasteiger partial charge in [0, 0.05) is 47.7 Å². The largest absolute Gasteiger partial charge is 0.465 e. The number of nitrogens with zero attached hydrogens (tertiary/aromatic N) is 3. The summed E-state index contributed by atoms with van der Waals surface area (Å²) in [5.74, 6) is -0.100. The van der Waals surface area contributed by atoms with Crippen LogP contribution in [0.3, 0.4) is 0 Å². The number of carboxylic acid groups (broad SMARTS) is 1. The molecule has 2 aromatic rings. The molecule has 0 spiro atoms. The number of nitrogens with two attached hydrogens (primary N) is 1. The van der Waals surface area contributed by atoms with Gasteiger partial charge in [0.2, 0.25) is 5.91 Å². The topological polar surface area (TPSA) is 109 Å². The maximum atomic E-state index is 11.6. The van der Waals surface area contributed by atoms with Gasteiger partial charge in [-0.3, -0.25) is 9.78 Å². The second-order valence-electron chi connectivity index (χ2n) is 9.09. The summed E-state index contributed by atoms with van der Waals surface area (Å²) in [6.45, 7) is 8.67. The van der Waals surface area contributed by atoms with Crippen molar-refractivity contribution in [2.24, 2.45) is 11.7 Å². The van der Waals surface area contributed by atoms with Crippen LogP contribution in [0.2, 0.25) is 0 Å². The van der Waals surface area contributed by atoms with E-state index in [2.05, 4.69) is 9.88 Å². The summed E-state index contributed by atoms with van der Waals surface area (Å²) in [7, 11) is 0. The summed E-state index contributed by atoms with van der Waals surface area (Å²) in [4.78, 5) is 31.1. The Morgan fingerprint density at radius 1 is 1.32 bits per heavy atom. The smallest absolute Gasteiger partial charge is 0.407 e. The van der Waals surface area contributed by atoms with Crippen LogP contribution in [0.15, 0.2) is 30.6 Å². The summed E-state index contributed by atoms with van der Waals surface area (Å²) >= 11 is 0. The highest BCUT2D eigenvalue weighted by Gasteiger charge is 2.26. The molecule has 0 saturated carbocycles. The Morgan fingerprint density at radius 3 is 2.77 bits per heavy atom. The van der Waals surface area contributed by atoms with Gasteiger partial charge in [-0.05, 0) is 51.7 Å². The molecule has 2 amide bonds. The summed E-state index contributed by atoms with van der Waals surface area (Å²) in [6, 6.07) is 5.43. The van der Waals surface area contributed by atoms with Crippen molar-refractivity contribution in [2.45, 2.75) is 39.2 Å². The van der Waals surface area contributed by atoms with E-state index in [9.17, 15) is 14.7 Å². The molecule has 3 rings (SSSR count). The molecule has 1 atom stereocenters. The standard InChI is InChI=1S/C23H32N4O4/c1-23(2,3)27(22(29)30)9-10-31-15-16-5-4-8-26(14-16)20-13-25-12-18-7-6-17(21(24)28)11-19(18)20/h6-7,11-13,16H,4-5,8-10,14-15H2,1-3H3,(H2,24,28)(H,29,30). The van der Waals surface area contributed by atoms with Gasteiger partial charge >= 0.3 is 6.09 Å². The number of hydrogen-bond donors (Lipinski definition) is 2. The lowest BCUT2D eigenvalue weighted by atomic mass is 9.97. The Balaban J connectivity index is 1.63. The molecule has 1 aromatic carbocycles. The number of fused-ring (bicyclic) bond motifs is 1. The van der Waals surface area contributed by atoms with Crippen LogP contribution in [0.5, 0.6) is 0 Å². The summed E-state index contributed by atoms with van der Waals surface area (Å²) in [5, 5.41) is 11.3. The minimum Gasteiger partial charge on any atom is -0.465 e. The van der Waals surface area contributed by atoms with E-state index in [0.29, 0.717) is 31.2 Å². The Bertz CT molecular complexity index is 941. The monoisotopic (exact) mass is 428 g/mol. The number of hydrogen-bond acceptors (Lipinski definition) is 5. The number of piperidine rings is 1. The first kappa shape index (κ1) is 22.8. The molecule has 3 N–H and O–H groups in total. The first-order valence-electron chi connectivity index (χ1n) is 10.7. The van der Waals surface area contributed by atoms with Crippen LogP contribution in [0.25, 0.3) is 10.8 Å². The van der Waals surface area contributed by atoms with E-state index in [1.165, 1.54) is 4.90 Å². The maximum absolute atomic E-state index is 11.6. The summed E-state index contributed by atoms with van der Waals surface area (Å²) in [6.07, 6.45) is 4.78. The highest BCUT2D eigenvalue weighted by molar-refractivity contribution is 6.01. The second kappa shape index (κ2) is 9.51. The lowest BCUT2D eigenvalue weighted by Gasteiger charge is -2.35. The van der Waals surface area contributed by atoms with Gasteiger partial charge in [0.15, 0.2) is 0 Å². The zero-order chi connectivity index (χ0) is 22.6. The number of aromatic nitrogens is 1. The molecule has 168 valence electrons. The molecule has 1 aliphatic rings. The molecule has 1 fully saturated rings. The Kier molecular flexibility index (Phi) is 7.00. The lowest BCUT2D eigenvalue weighted by Crippen LogP contribution is -2.46. The van der Waals surface area contributed by atoms with Crippen molar-refractivity contribution >= 4 is 28.5 Å². The van der Waals surface area contributed by atoms with Crippen molar-refractivity contribution in [3.05, 3.63) is 36.2 Å². The molecule has 0 radical (unpaired) electrons. The highest BCUT2D eigenvalue weighted by Crippen LogP contribution is 2.30. The average molecular weight is 429 g/mol. The molecule has 8 nitrogen and oxygen atoms in total. The molecule has 1 aromatic heterocycles. The molecular weight excluding hydrogens is 396 g/mol. The van der Waals surface area contributed by atoms with Crippen LogP contribution in [0.4, 0.5) is 10.5 Å². The number of pyridine rings is 1. The van der Waals surface area contributed by atoms with Crippen molar-refractivity contribution in [3.63, 3.8) is 0 Å². The SMILES string of the molecule is CC(C)(C)N(CCOCC1CCCN(c2cncc3ccc(C(N)=O)cc23)C1)C(=O)O. The molecule has 1 unspecified atom stereocenters. The number of ether oxygens (including phenoxy) is 1. The fraction of sp³-hybridized carbons (Fsp3) is 0.522. The van der Waals surface area contributed by atoms with Crippen molar-refractivity contribution in [3.8, 4) is 0 Å². The van der Waals surface area contributed by atoms with Crippen molar-refractivity contribution in [1.29, 1.82) is 0 Å². The average Bonchev–Trinajstić information content (AvgIpc) is 2.71. The molecular formula is C23H32N4O4. The van der Waals surface area contributed by atoms with Gasteiger partial charge in [0.1, 0.15) is 0 Å². The van der Waals surface area contributed by atoms with Crippen molar-refractivity contribution in [1.82, 2.24) is 9.88 Å². The fourth-order valence-corrected chi connectivity index (χ4v) is 4.10. The first-order chi connectivity index (χ1) is 14.7. The van der Waals surface area contributed by atoms with Gasteiger partial charge < -0.3 is 25.4 Å². The van der Waals surface area contributed by atoms with Gasteiger partial charge in [-0.25, -0.2) is 4.79 Å². The lowest BCUT2D eigenvalue weighted by molar-refractivity contribution is 0.0470. The van der Waals surface area contributed by atoms with Gasteiger partial charge in [-0.1, -0.05) is 6.07 Å². The number of benzene rings is 1.